The molecule has 4 heteroatoms. The number of ether oxygens (including phenoxy) is 2. The van der Waals surface area contributed by atoms with Gasteiger partial charge in [0.25, 0.3) is 0 Å². The second-order valence-electron chi connectivity index (χ2n) is 8.11. The van der Waals surface area contributed by atoms with Gasteiger partial charge in [0.2, 0.25) is 0 Å². The Hall–Kier alpha value is -3.01. The summed E-state index contributed by atoms with van der Waals surface area (Å²) in [5.41, 5.74) is 2.69. The lowest BCUT2D eigenvalue weighted by atomic mass is 9.97. The molecule has 0 radical (unpaired) electrons. The van der Waals surface area contributed by atoms with E-state index >= 15 is 0 Å². The molecule has 0 N–H and O–H groups in total. The predicted octanol–water partition coefficient (Wildman–Crippen LogP) is 5.94. The highest BCUT2D eigenvalue weighted by molar-refractivity contribution is 5.94. The largest absolute Gasteiger partial charge is 0.482 e. The Morgan fingerprint density at radius 3 is 2.52 bits per heavy atom. The van der Waals surface area contributed by atoms with E-state index in [0.29, 0.717) is 24.3 Å². The summed E-state index contributed by atoms with van der Waals surface area (Å²) in [5, 5.41) is 2.63. The topological polar surface area (TPSA) is 38.8 Å². The second kappa shape index (κ2) is 9.86. The number of hydrogen-bond donors (Lipinski definition) is 0. The number of fused-ring (bicyclic) bond motifs is 1. The van der Waals surface area contributed by atoms with Crippen molar-refractivity contribution in [2.45, 2.75) is 45.1 Å². The summed E-state index contributed by atoms with van der Waals surface area (Å²) < 4.78 is 10.4. The molecule has 1 aliphatic carbocycles. The van der Waals surface area contributed by atoms with Crippen LogP contribution in [0, 0.1) is 0 Å². The Bertz CT molecular complexity index is 1010. The average molecular weight is 418 g/mol. The van der Waals surface area contributed by atoms with Crippen molar-refractivity contribution < 1.29 is 14.3 Å². The molecule has 31 heavy (non-hydrogen) atoms. The van der Waals surface area contributed by atoms with Crippen LogP contribution in [-0.2, 0) is 9.53 Å². The number of rotatable bonds is 8. The van der Waals surface area contributed by atoms with Gasteiger partial charge < -0.3 is 14.4 Å². The van der Waals surface area contributed by atoms with Crippen LogP contribution in [0.1, 0.15) is 44.6 Å². The number of hydrogen-bond acceptors (Lipinski definition) is 4. The van der Waals surface area contributed by atoms with Crippen molar-refractivity contribution >= 4 is 22.4 Å². The molecule has 0 saturated heterocycles. The van der Waals surface area contributed by atoms with E-state index in [4.69, 9.17) is 9.47 Å². The zero-order valence-corrected chi connectivity index (χ0v) is 18.4. The van der Waals surface area contributed by atoms with E-state index in [1.54, 1.807) is 6.92 Å². The SMILES string of the molecule is CCOC(=O)COc1ccc(C2CCC(N(CC)c3cccc4ccccc34)C2)cc1. The fraction of sp³-hybridized carbons (Fsp3) is 0.370. The van der Waals surface area contributed by atoms with Crippen molar-refractivity contribution in [1.29, 1.82) is 0 Å². The quantitative estimate of drug-likeness (QED) is 0.425. The van der Waals surface area contributed by atoms with Gasteiger partial charge in [0.05, 0.1) is 6.61 Å². The van der Waals surface area contributed by atoms with Gasteiger partial charge in [-0.2, -0.15) is 0 Å². The number of esters is 1. The number of anilines is 1. The minimum atomic E-state index is -0.335. The number of benzene rings is 3. The van der Waals surface area contributed by atoms with Crippen molar-refractivity contribution in [1.82, 2.24) is 0 Å². The van der Waals surface area contributed by atoms with Gasteiger partial charge in [-0.1, -0.05) is 48.5 Å². The molecule has 0 amide bonds. The molecule has 1 aliphatic rings. The maximum absolute atomic E-state index is 11.5. The average Bonchev–Trinajstić information content (AvgIpc) is 3.29. The molecule has 4 nitrogen and oxygen atoms in total. The molecular weight excluding hydrogens is 386 g/mol. The Balaban J connectivity index is 1.43. The summed E-state index contributed by atoms with van der Waals surface area (Å²) in [6.45, 7) is 5.38. The molecule has 4 rings (SSSR count). The first-order valence-corrected chi connectivity index (χ1v) is 11.3. The Morgan fingerprint density at radius 1 is 0.968 bits per heavy atom. The first-order valence-electron chi connectivity index (χ1n) is 11.3. The van der Waals surface area contributed by atoms with Crippen LogP contribution in [0.5, 0.6) is 5.75 Å². The van der Waals surface area contributed by atoms with E-state index < -0.39 is 0 Å². The lowest BCUT2D eigenvalue weighted by Gasteiger charge is -2.31. The molecule has 3 aromatic rings. The summed E-state index contributed by atoms with van der Waals surface area (Å²) in [6.07, 6.45) is 3.54. The Labute approximate surface area is 184 Å². The maximum Gasteiger partial charge on any atom is 0.344 e. The smallest absolute Gasteiger partial charge is 0.344 e. The molecule has 2 atom stereocenters. The summed E-state index contributed by atoms with van der Waals surface area (Å²) in [6, 6.07) is 24.0. The van der Waals surface area contributed by atoms with Crippen molar-refractivity contribution in [2.75, 3.05) is 24.7 Å². The van der Waals surface area contributed by atoms with Crippen LogP contribution in [0.3, 0.4) is 0 Å². The van der Waals surface area contributed by atoms with Gasteiger partial charge in [-0.05, 0) is 68.2 Å². The summed E-state index contributed by atoms with van der Waals surface area (Å²) in [5.74, 6) is 0.920. The fourth-order valence-corrected chi connectivity index (χ4v) is 4.81. The standard InChI is InChI=1S/C27H31NO3/c1-3-28(26-11-7-9-21-8-5-6-10-25(21)26)23-15-12-22(18-23)20-13-16-24(17-14-20)31-19-27(29)30-4-2/h5-11,13-14,16-17,22-23H,3-4,12,15,18-19H2,1-2H3. The van der Waals surface area contributed by atoms with Crippen LogP contribution in [0.2, 0.25) is 0 Å². The summed E-state index contributed by atoms with van der Waals surface area (Å²) >= 11 is 0. The van der Waals surface area contributed by atoms with E-state index in [-0.39, 0.29) is 12.6 Å². The van der Waals surface area contributed by atoms with Crippen LogP contribution in [-0.4, -0.2) is 31.8 Å². The first kappa shape index (κ1) is 21.2. The third-order valence-corrected chi connectivity index (χ3v) is 6.28. The third-order valence-electron chi connectivity index (χ3n) is 6.28. The second-order valence-corrected chi connectivity index (χ2v) is 8.11. The maximum atomic E-state index is 11.5. The van der Waals surface area contributed by atoms with Gasteiger partial charge in [-0.25, -0.2) is 4.79 Å². The zero-order valence-electron chi connectivity index (χ0n) is 18.4. The zero-order chi connectivity index (χ0) is 21.6. The highest BCUT2D eigenvalue weighted by atomic mass is 16.6. The fourth-order valence-electron chi connectivity index (χ4n) is 4.81. The van der Waals surface area contributed by atoms with Gasteiger partial charge >= 0.3 is 5.97 Å². The molecular formula is C27H31NO3. The molecule has 0 spiro atoms. The van der Waals surface area contributed by atoms with E-state index in [0.717, 1.165) is 13.0 Å². The van der Waals surface area contributed by atoms with Crippen molar-refractivity contribution in [3.8, 4) is 5.75 Å². The molecule has 1 saturated carbocycles. The van der Waals surface area contributed by atoms with Crippen LogP contribution in [0.25, 0.3) is 10.8 Å². The summed E-state index contributed by atoms with van der Waals surface area (Å²) in [4.78, 5) is 14.1. The number of nitrogens with zero attached hydrogens (tertiary/aromatic N) is 1. The molecule has 0 aliphatic heterocycles. The van der Waals surface area contributed by atoms with Crippen LogP contribution >= 0.6 is 0 Å². The van der Waals surface area contributed by atoms with Crippen LogP contribution < -0.4 is 9.64 Å². The third kappa shape index (κ3) is 4.84. The Kier molecular flexibility index (Phi) is 6.76. The van der Waals surface area contributed by atoms with E-state index in [1.165, 1.54) is 34.9 Å². The van der Waals surface area contributed by atoms with E-state index in [1.807, 2.05) is 12.1 Å². The molecule has 0 aromatic heterocycles. The van der Waals surface area contributed by atoms with Crippen LogP contribution in [0.4, 0.5) is 5.69 Å². The Morgan fingerprint density at radius 2 is 1.74 bits per heavy atom. The van der Waals surface area contributed by atoms with Crippen molar-refractivity contribution in [3.05, 3.63) is 72.3 Å². The monoisotopic (exact) mass is 417 g/mol. The van der Waals surface area contributed by atoms with Gasteiger partial charge in [0.15, 0.2) is 6.61 Å². The molecule has 3 aromatic carbocycles. The first-order chi connectivity index (χ1) is 15.2. The highest BCUT2D eigenvalue weighted by Crippen LogP contribution is 2.40. The molecule has 2 unspecified atom stereocenters. The molecule has 0 heterocycles. The van der Waals surface area contributed by atoms with Gasteiger partial charge in [-0.3, -0.25) is 0 Å². The van der Waals surface area contributed by atoms with E-state index in [9.17, 15) is 4.79 Å². The molecule has 1 fully saturated rings. The molecule has 0 bridgehead atoms. The predicted molar refractivity (Wildman–Crippen MR) is 126 cm³/mol. The van der Waals surface area contributed by atoms with Gasteiger partial charge in [0.1, 0.15) is 5.75 Å². The lowest BCUT2D eigenvalue weighted by molar-refractivity contribution is -0.145. The van der Waals surface area contributed by atoms with Gasteiger partial charge in [0, 0.05) is 23.7 Å². The molecule has 162 valence electrons. The normalized spacial score (nSPS) is 18.1. The number of carbonyl (C=O) groups excluding carboxylic acids is 1. The van der Waals surface area contributed by atoms with Gasteiger partial charge in [-0.15, -0.1) is 0 Å². The minimum absolute atomic E-state index is 0.0464. The van der Waals surface area contributed by atoms with Crippen LogP contribution in [0.15, 0.2) is 66.7 Å². The minimum Gasteiger partial charge on any atom is -0.482 e. The number of carbonyl (C=O) groups is 1. The lowest BCUT2D eigenvalue weighted by Crippen LogP contribution is -2.33. The highest BCUT2D eigenvalue weighted by Gasteiger charge is 2.30. The van der Waals surface area contributed by atoms with E-state index in [2.05, 4.69) is 66.4 Å². The van der Waals surface area contributed by atoms with Crippen molar-refractivity contribution in [2.24, 2.45) is 0 Å². The summed E-state index contributed by atoms with van der Waals surface area (Å²) in [7, 11) is 0. The van der Waals surface area contributed by atoms with Crippen molar-refractivity contribution in [3.63, 3.8) is 0 Å².